The van der Waals surface area contributed by atoms with Crippen LogP contribution in [0.4, 0.5) is 5.69 Å². The predicted molar refractivity (Wildman–Crippen MR) is 109 cm³/mol. The summed E-state index contributed by atoms with van der Waals surface area (Å²) in [5.74, 6) is -0.0707. The number of aromatic nitrogens is 3. The van der Waals surface area contributed by atoms with Gasteiger partial charge in [0.15, 0.2) is 4.34 Å². The third kappa shape index (κ3) is 3.78. The van der Waals surface area contributed by atoms with E-state index >= 15 is 0 Å². The van der Waals surface area contributed by atoms with Crippen molar-refractivity contribution in [1.29, 1.82) is 0 Å². The maximum absolute atomic E-state index is 12.8. The summed E-state index contributed by atoms with van der Waals surface area (Å²) in [6.45, 7) is 7.75. The number of carbonyl (C=O) groups is 1. The van der Waals surface area contributed by atoms with Crippen LogP contribution in [0.1, 0.15) is 39.7 Å². The summed E-state index contributed by atoms with van der Waals surface area (Å²) in [7, 11) is 0. The van der Waals surface area contributed by atoms with Crippen molar-refractivity contribution >= 4 is 34.7 Å². The van der Waals surface area contributed by atoms with E-state index in [2.05, 4.69) is 38.4 Å². The van der Waals surface area contributed by atoms with Crippen molar-refractivity contribution in [3.05, 3.63) is 52.3 Å². The number of fused-ring (bicyclic) bond motifs is 1. The van der Waals surface area contributed by atoms with Gasteiger partial charge < -0.3 is 15.2 Å². The van der Waals surface area contributed by atoms with Gasteiger partial charge in [-0.3, -0.25) is 4.79 Å². The molecule has 0 aliphatic carbocycles. The SMILES string of the molecule is Cc1nnc(Sc2ccc(NC(=O)c3ccc4n3CCNC4C)c(C)c2)s1. The largest absolute Gasteiger partial charge is 0.338 e. The molecule has 0 fully saturated rings. The van der Waals surface area contributed by atoms with Gasteiger partial charge in [0.05, 0.1) is 0 Å². The quantitative estimate of drug-likeness (QED) is 0.693. The van der Waals surface area contributed by atoms with Gasteiger partial charge in [-0.2, -0.15) is 0 Å². The Labute approximate surface area is 166 Å². The Morgan fingerprint density at radius 3 is 2.89 bits per heavy atom. The number of rotatable bonds is 4. The molecule has 3 aromatic rings. The van der Waals surface area contributed by atoms with E-state index in [1.165, 1.54) is 0 Å². The molecule has 0 saturated heterocycles. The fourth-order valence-corrected chi connectivity index (χ4v) is 5.14. The van der Waals surface area contributed by atoms with Crippen LogP contribution >= 0.6 is 23.1 Å². The van der Waals surface area contributed by atoms with Crippen molar-refractivity contribution in [1.82, 2.24) is 20.1 Å². The Kier molecular flexibility index (Phi) is 5.03. The van der Waals surface area contributed by atoms with E-state index in [1.807, 2.05) is 38.1 Å². The molecular formula is C19H21N5OS2. The van der Waals surface area contributed by atoms with Crippen LogP contribution in [0.15, 0.2) is 39.6 Å². The Morgan fingerprint density at radius 1 is 1.30 bits per heavy atom. The Balaban J connectivity index is 1.50. The highest BCUT2D eigenvalue weighted by atomic mass is 32.2. The summed E-state index contributed by atoms with van der Waals surface area (Å²) in [6, 6.07) is 10.2. The average Bonchev–Trinajstić information content (AvgIpc) is 3.24. The highest BCUT2D eigenvalue weighted by molar-refractivity contribution is 8.01. The molecule has 140 valence electrons. The number of nitrogens with zero attached hydrogens (tertiary/aromatic N) is 3. The molecule has 6 nitrogen and oxygen atoms in total. The Bertz CT molecular complexity index is 994. The maximum Gasteiger partial charge on any atom is 0.272 e. The van der Waals surface area contributed by atoms with Crippen LogP contribution in [0, 0.1) is 13.8 Å². The minimum absolute atomic E-state index is 0.0707. The lowest BCUT2D eigenvalue weighted by molar-refractivity contribution is 0.101. The first-order valence-electron chi connectivity index (χ1n) is 8.84. The molecule has 0 bridgehead atoms. The number of hydrogen-bond donors (Lipinski definition) is 2. The van der Waals surface area contributed by atoms with Gasteiger partial charge in [-0.15, -0.1) is 10.2 Å². The lowest BCUT2D eigenvalue weighted by Gasteiger charge is -2.24. The fourth-order valence-electron chi connectivity index (χ4n) is 3.25. The number of benzene rings is 1. The van der Waals surface area contributed by atoms with Crippen molar-refractivity contribution in [3.8, 4) is 0 Å². The summed E-state index contributed by atoms with van der Waals surface area (Å²) in [6.07, 6.45) is 0. The minimum atomic E-state index is -0.0707. The predicted octanol–water partition coefficient (Wildman–Crippen LogP) is 4.02. The second kappa shape index (κ2) is 7.46. The van der Waals surface area contributed by atoms with Crippen molar-refractivity contribution in [2.24, 2.45) is 0 Å². The summed E-state index contributed by atoms with van der Waals surface area (Å²) >= 11 is 3.17. The molecule has 2 N–H and O–H groups in total. The van der Waals surface area contributed by atoms with Crippen LogP contribution in [0.25, 0.3) is 0 Å². The first-order chi connectivity index (χ1) is 13.0. The van der Waals surface area contributed by atoms with Crippen molar-refractivity contribution in [2.45, 2.75) is 42.6 Å². The topological polar surface area (TPSA) is 71.8 Å². The van der Waals surface area contributed by atoms with Gasteiger partial charge in [-0.1, -0.05) is 23.1 Å². The monoisotopic (exact) mass is 399 g/mol. The lowest BCUT2D eigenvalue weighted by atomic mass is 10.2. The third-order valence-corrected chi connectivity index (χ3v) is 6.51. The van der Waals surface area contributed by atoms with E-state index in [-0.39, 0.29) is 11.9 Å². The van der Waals surface area contributed by atoms with Crippen LogP contribution in [-0.2, 0) is 6.54 Å². The van der Waals surface area contributed by atoms with Gasteiger partial charge >= 0.3 is 0 Å². The highest BCUT2D eigenvalue weighted by Crippen LogP contribution is 2.32. The molecule has 1 aliphatic rings. The van der Waals surface area contributed by atoms with E-state index in [0.29, 0.717) is 5.69 Å². The number of aryl methyl sites for hydroxylation is 2. The third-order valence-electron chi connectivity index (χ3n) is 4.64. The zero-order valence-electron chi connectivity index (χ0n) is 15.4. The molecule has 0 saturated carbocycles. The highest BCUT2D eigenvalue weighted by Gasteiger charge is 2.21. The summed E-state index contributed by atoms with van der Waals surface area (Å²) in [4.78, 5) is 13.9. The van der Waals surface area contributed by atoms with Crippen molar-refractivity contribution in [3.63, 3.8) is 0 Å². The molecule has 0 radical (unpaired) electrons. The number of nitrogens with one attached hydrogen (secondary N) is 2. The van der Waals surface area contributed by atoms with E-state index in [1.54, 1.807) is 23.1 Å². The van der Waals surface area contributed by atoms with Crippen LogP contribution < -0.4 is 10.6 Å². The summed E-state index contributed by atoms with van der Waals surface area (Å²) < 4.78 is 3.03. The number of amides is 1. The molecule has 3 heterocycles. The molecule has 1 amide bonds. The summed E-state index contributed by atoms with van der Waals surface area (Å²) in [5, 5.41) is 15.6. The van der Waals surface area contributed by atoms with E-state index in [4.69, 9.17) is 0 Å². The van der Waals surface area contributed by atoms with Gasteiger partial charge in [-0.25, -0.2) is 0 Å². The van der Waals surface area contributed by atoms with E-state index < -0.39 is 0 Å². The normalized spacial score (nSPS) is 16.2. The van der Waals surface area contributed by atoms with Gasteiger partial charge in [0.25, 0.3) is 5.91 Å². The molecule has 27 heavy (non-hydrogen) atoms. The van der Waals surface area contributed by atoms with Crippen LogP contribution in [-0.4, -0.2) is 27.2 Å². The Hall–Kier alpha value is -2.16. The van der Waals surface area contributed by atoms with Gasteiger partial charge in [-0.05, 0) is 56.7 Å². The average molecular weight is 400 g/mol. The van der Waals surface area contributed by atoms with Gasteiger partial charge in [0, 0.05) is 35.4 Å². The minimum Gasteiger partial charge on any atom is -0.338 e. The smallest absolute Gasteiger partial charge is 0.272 e. The van der Waals surface area contributed by atoms with Crippen molar-refractivity contribution < 1.29 is 4.79 Å². The number of hydrogen-bond acceptors (Lipinski definition) is 6. The van der Waals surface area contributed by atoms with Crippen LogP contribution in [0.3, 0.4) is 0 Å². The first kappa shape index (κ1) is 18.2. The molecular weight excluding hydrogens is 378 g/mol. The molecule has 1 unspecified atom stereocenters. The number of carbonyl (C=O) groups excluding carboxylic acids is 1. The maximum atomic E-state index is 12.8. The molecule has 4 rings (SSSR count). The zero-order chi connectivity index (χ0) is 19.0. The van der Waals surface area contributed by atoms with E-state index in [0.717, 1.165) is 44.3 Å². The second-order valence-corrected chi connectivity index (χ2v) is 9.09. The molecule has 1 aromatic carbocycles. The number of anilines is 1. The standard InChI is InChI=1S/C19H21N5OS2/c1-11-10-14(27-19-23-22-13(3)26-19)4-5-15(11)21-18(25)17-7-6-16-12(2)20-8-9-24(16)17/h4-7,10,12,20H,8-9H2,1-3H3,(H,21,25). The molecule has 2 aromatic heterocycles. The molecule has 0 spiro atoms. The molecule has 1 atom stereocenters. The first-order valence-corrected chi connectivity index (χ1v) is 10.5. The fraction of sp³-hybridized carbons (Fsp3) is 0.316. The van der Waals surface area contributed by atoms with Crippen LogP contribution in [0.5, 0.6) is 0 Å². The molecule has 1 aliphatic heterocycles. The second-order valence-electron chi connectivity index (χ2n) is 6.59. The van der Waals surface area contributed by atoms with Gasteiger partial charge in [0.1, 0.15) is 10.7 Å². The van der Waals surface area contributed by atoms with E-state index in [9.17, 15) is 4.79 Å². The zero-order valence-corrected chi connectivity index (χ0v) is 17.1. The Morgan fingerprint density at radius 2 is 2.15 bits per heavy atom. The lowest BCUT2D eigenvalue weighted by Crippen LogP contribution is -2.33. The molecule has 8 heteroatoms. The van der Waals surface area contributed by atoms with Crippen molar-refractivity contribution in [2.75, 3.05) is 11.9 Å². The summed E-state index contributed by atoms with van der Waals surface area (Å²) in [5.41, 5.74) is 3.72. The van der Waals surface area contributed by atoms with Gasteiger partial charge in [0.2, 0.25) is 0 Å². The van der Waals surface area contributed by atoms with Crippen LogP contribution in [0.2, 0.25) is 0 Å².